The van der Waals surface area contributed by atoms with Gasteiger partial charge in [-0.1, -0.05) is 17.7 Å². The first-order valence-electron chi connectivity index (χ1n) is 3.84. The van der Waals surface area contributed by atoms with Crippen LogP contribution < -0.4 is 0 Å². The fourth-order valence-corrected chi connectivity index (χ4v) is 1.70. The molecule has 2 atom stereocenters. The average molecular weight is 177 g/mol. The zero-order chi connectivity index (χ0) is 8.27. The van der Waals surface area contributed by atoms with Gasteiger partial charge in [0.25, 0.3) is 0 Å². The van der Waals surface area contributed by atoms with Gasteiger partial charge in [0.2, 0.25) is 0 Å². The zero-order valence-corrected chi connectivity index (χ0v) is 7.09. The molecule has 0 saturated heterocycles. The Morgan fingerprint density at radius 3 is 2.55 bits per heavy atom. The van der Waals surface area contributed by atoms with Gasteiger partial charge in [-0.2, -0.15) is 0 Å². The van der Waals surface area contributed by atoms with E-state index in [1.807, 2.05) is 6.08 Å². The standard InChI is InChI=1S/C8H13ClO2/c9-8-2-1-6(4-10)7(3-8)5-11/h2,6-7,10-11H,1,3-5H2/t6-,7+/m0/s1. The molecule has 1 aliphatic carbocycles. The smallest absolute Gasteiger partial charge is 0.0466 e. The number of halogens is 1. The Balaban J connectivity index is 2.55. The normalized spacial score (nSPS) is 31.7. The first-order valence-corrected chi connectivity index (χ1v) is 4.22. The predicted molar refractivity (Wildman–Crippen MR) is 44.3 cm³/mol. The van der Waals surface area contributed by atoms with E-state index in [1.165, 1.54) is 0 Å². The molecule has 0 radical (unpaired) electrons. The van der Waals surface area contributed by atoms with Crippen molar-refractivity contribution in [3.05, 3.63) is 11.1 Å². The quantitative estimate of drug-likeness (QED) is 0.662. The maximum atomic E-state index is 8.91. The number of hydrogen-bond acceptors (Lipinski definition) is 2. The van der Waals surface area contributed by atoms with Crippen molar-refractivity contribution in [3.63, 3.8) is 0 Å². The molecule has 0 aromatic heterocycles. The Morgan fingerprint density at radius 1 is 1.36 bits per heavy atom. The van der Waals surface area contributed by atoms with Crippen molar-refractivity contribution in [2.75, 3.05) is 13.2 Å². The molecule has 64 valence electrons. The minimum absolute atomic E-state index is 0.120. The maximum Gasteiger partial charge on any atom is 0.0466 e. The van der Waals surface area contributed by atoms with Gasteiger partial charge in [-0.05, 0) is 24.7 Å². The van der Waals surface area contributed by atoms with Crippen LogP contribution in [-0.2, 0) is 0 Å². The molecular formula is C8H13ClO2. The number of rotatable bonds is 2. The molecule has 0 bridgehead atoms. The summed E-state index contributed by atoms with van der Waals surface area (Å²) >= 11 is 5.78. The molecule has 0 spiro atoms. The fraction of sp³-hybridized carbons (Fsp3) is 0.750. The van der Waals surface area contributed by atoms with Gasteiger partial charge in [0.1, 0.15) is 0 Å². The van der Waals surface area contributed by atoms with Gasteiger partial charge in [-0.15, -0.1) is 0 Å². The monoisotopic (exact) mass is 176 g/mol. The number of allylic oxidation sites excluding steroid dienone is 2. The van der Waals surface area contributed by atoms with Crippen molar-refractivity contribution < 1.29 is 10.2 Å². The third-order valence-corrected chi connectivity index (χ3v) is 2.54. The third-order valence-electron chi connectivity index (χ3n) is 2.23. The zero-order valence-electron chi connectivity index (χ0n) is 6.33. The van der Waals surface area contributed by atoms with Gasteiger partial charge in [-0.3, -0.25) is 0 Å². The molecule has 1 aliphatic rings. The Hall–Kier alpha value is -0.0500. The van der Waals surface area contributed by atoms with Gasteiger partial charge in [0.05, 0.1) is 0 Å². The van der Waals surface area contributed by atoms with E-state index in [9.17, 15) is 0 Å². The lowest BCUT2D eigenvalue weighted by Crippen LogP contribution is -2.24. The molecule has 2 nitrogen and oxygen atoms in total. The number of hydrogen-bond donors (Lipinski definition) is 2. The third kappa shape index (κ3) is 2.19. The molecule has 11 heavy (non-hydrogen) atoms. The molecule has 0 aliphatic heterocycles. The second kappa shape index (κ2) is 4.10. The molecule has 0 unspecified atom stereocenters. The van der Waals surface area contributed by atoms with Crippen LogP contribution in [0.1, 0.15) is 12.8 Å². The summed E-state index contributed by atoms with van der Waals surface area (Å²) in [5.41, 5.74) is 0. The second-order valence-corrected chi connectivity index (χ2v) is 3.46. The highest BCUT2D eigenvalue weighted by Crippen LogP contribution is 2.30. The van der Waals surface area contributed by atoms with Crippen molar-refractivity contribution >= 4 is 11.6 Å². The van der Waals surface area contributed by atoms with Crippen molar-refractivity contribution in [3.8, 4) is 0 Å². The largest absolute Gasteiger partial charge is 0.396 e. The summed E-state index contributed by atoms with van der Waals surface area (Å²) in [7, 11) is 0. The minimum Gasteiger partial charge on any atom is -0.396 e. The molecule has 0 fully saturated rings. The van der Waals surface area contributed by atoms with Gasteiger partial charge < -0.3 is 10.2 Å². The highest BCUT2D eigenvalue weighted by molar-refractivity contribution is 6.29. The van der Waals surface area contributed by atoms with Crippen LogP contribution in [0.15, 0.2) is 11.1 Å². The molecule has 0 aromatic carbocycles. The molecule has 1 rings (SSSR count). The van der Waals surface area contributed by atoms with E-state index in [0.717, 1.165) is 11.5 Å². The lowest BCUT2D eigenvalue weighted by atomic mass is 9.84. The predicted octanol–water partition coefficient (Wildman–Crippen LogP) is 1.12. The topological polar surface area (TPSA) is 40.5 Å². The average Bonchev–Trinajstić information content (AvgIpc) is 2.04. The van der Waals surface area contributed by atoms with Gasteiger partial charge >= 0.3 is 0 Å². The van der Waals surface area contributed by atoms with Crippen LogP contribution in [0.5, 0.6) is 0 Å². The molecule has 0 saturated carbocycles. The van der Waals surface area contributed by atoms with Crippen LogP contribution in [0.25, 0.3) is 0 Å². The number of aliphatic hydroxyl groups excluding tert-OH is 2. The summed E-state index contributed by atoms with van der Waals surface area (Å²) in [5, 5.41) is 18.6. The lowest BCUT2D eigenvalue weighted by molar-refractivity contribution is 0.117. The Bertz CT molecular complexity index is 156. The molecular weight excluding hydrogens is 164 g/mol. The van der Waals surface area contributed by atoms with Crippen LogP contribution in [-0.4, -0.2) is 23.4 Å². The maximum absolute atomic E-state index is 8.91. The Labute approximate surface area is 71.5 Å². The summed E-state index contributed by atoms with van der Waals surface area (Å²) < 4.78 is 0. The van der Waals surface area contributed by atoms with E-state index in [4.69, 9.17) is 21.8 Å². The summed E-state index contributed by atoms with van der Waals surface area (Å²) in [5.74, 6) is 0.347. The van der Waals surface area contributed by atoms with E-state index in [0.29, 0.717) is 6.42 Å². The SMILES string of the molecule is OC[C@@H]1CC=C(Cl)C[C@@H]1CO. The van der Waals surface area contributed by atoms with Crippen molar-refractivity contribution in [2.24, 2.45) is 11.8 Å². The van der Waals surface area contributed by atoms with Crippen LogP contribution in [0, 0.1) is 11.8 Å². The van der Waals surface area contributed by atoms with E-state index in [-0.39, 0.29) is 25.0 Å². The second-order valence-electron chi connectivity index (χ2n) is 2.98. The molecule has 0 aromatic rings. The van der Waals surface area contributed by atoms with E-state index >= 15 is 0 Å². The fourth-order valence-electron chi connectivity index (χ4n) is 1.41. The van der Waals surface area contributed by atoms with E-state index < -0.39 is 0 Å². The summed E-state index contributed by atoms with van der Waals surface area (Å²) in [6.45, 7) is 0.265. The van der Waals surface area contributed by atoms with Crippen molar-refractivity contribution in [1.29, 1.82) is 0 Å². The first kappa shape index (κ1) is 9.04. The van der Waals surface area contributed by atoms with Crippen LogP contribution in [0.2, 0.25) is 0 Å². The van der Waals surface area contributed by atoms with E-state index in [1.54, 1.807) is 0 Å². The Kier molecular flexibility index (Phi) is 3.37. The summed E-state index contributed by atoms with van der Waals surface area (Å²) in [6, 6.07) is 0. The number of aliphatic hydroxyl groups is 2. The van der Waals surface area contributed by atoms with Gasteiger partial charge in [-0.25, -0.2) is 0 Å². The molecule has 0 heterocycles. The van der Waals surface area contributed by atoms with Crippen molar-refractivity contribution in [1.82, 2.24) is 0 Å². The highest BCUT2D eigenvalue weighted by Gasteiger charge is 2.23. The molecule has 3 heteroatoms. The van der Waals surface area contributed by atoms with Gasteiger partial charge in [0, 0.05) is 18.2 Å². The molecule has 2 N–H and O–H groups in total. The van der Waals surface area contributed by atoms with Crippen molar-refractivity contribution in [2.45, 2.75) is 12.8 Å². The minimum atomic E-state index is 0.120. The summed E-state index contributed by atoms with van der Waals surface area (Å²) in [6.07, 6.45) is 3.43. The summed E-state index contributed by atoms with van der Waals surface area (Å²) in [4.78, 5) is 0. The van der Waals surface area contributed by atoms with Gasteiger partial charge in [0.15, 0.2) is 0 Å². The van der Waals surface area contributed by atoms with Crippen LogP contribution in [0.3, 0.4) is 0 Å². The van der Waals surface area contributed by atoms with Crippen LogP contribution >= 0.6 is 11.6 Å². The van der Waals surface area contributed by atoms with Crippen LogP contribution in [0.4, 0.5) is 0 Å². The lowest BCUT2D eigenvalue weighted by Gasteiger charge is -2.26. The Morgan fingerprint density at radius 2 is 2.00 bits per heavy atom. The van der Waals surface area contributed by atoms with E-state index in [2.05, 4.69) is 0 Å². The first-order chi connectivity index (χ1) is 5.27. The highest BCUT2D eigenvalue weighted by atomic mass is 35.5. The molecule has 0 amide bonds.